The van der Waals surface area contributed by atoms with Crippen molar-refractivity contribution in [2.45, 2.75) is 38.3 Å². The first kappa shape index (κ1) is 13.7. The van der Waals surface area contributed by atoms with Gasteiger partial charge in [0.05, 0.1) is 0 Å². The smallest absolute Gasteiger partial charge is 0.231 e. The Bertz CT molecular complexity index is 464. The number of nitrogens with one attached hydrogen (secondary N) is 1. The van der Waals surface area contributed by atoms with Crippen molar-refractivity contribution in [2.24, 2.45) is 0 Å². The molecule has 4 nitrogen and oxygen atoms in total. The fourth-order valence-corrected chi connectivity index (χ4v) is 3.04. The molecule has 2 aliphatic rings. The quantitative estimate of drug-likeness (QED) is 0.920. The van der Waals surface area contributed by atoms with Gasteiger partial charge in [0.25, 0.3) is 0 Å². The van der Waals surface area contributed by atoms with Gasteiger partial charge in [-0.25, -0.2) is 0 Å². The van der Waals surface area contributed by atoms with Gasteiger partial charge in [-0.2, -0.15) is 0 Å². The van der Waals surface area contributed by atoms with Crippen LogP contribution in [0.25, 0.3) is 0 Å². The standard InChI is InChI=1S/C16H24N2O2/c1-12(17-14-4-3-8-18(2)9-7-14)13-5-6-15-16(10-13)20-11-19-15/h5-6,10,12,14,17H,3-4,7-9,11H2,1-2H3. The Morgan fingerprint density at radius 3 is 2.95 bits per heavy atom. The third-order valence-corrected chi connectivity index (χ3v) is 4.33. The molecule has 1 saturated heterocycles. The zero-order valence-electron chi connectivity index (χ0n) is 12.4. The van der Waals surface area contributed by atoms with Crippen LogP contribution in [-0.4, -0.2) is 37.9 Å². The number of nitrogens with zero attached hydrogens (tertiary/aromatic N) is 1. The summed E-state index contributed by atoms with van der Waals surface area (Å²) in [5, 5.41) is 3.76. The Labute approximate surface area is 121 Å². The van der Waals surface area contributed by atoms with Crippen LogP contribution in [-0.2, 0) is 0 Å². The molecule has 3 rings (SSSR count). The van der Waals surface area contributed by atoms with E-state index in [4.69, 9.17) is 9.47 Å². The van der Waals surface area contributed by atoms with E-state index in [0.29, 0.717) is 18.9 Å². The average molecular weight is 276 g/mol. The van der Waals surface area contributed by atoms with Gasteiger partial charge in [-0.1, -0.05) is 6.07 Å². The van der Waals surface area contributed by atoms with Crippen molar-refractivity contribution in [2.75, 3.05) is 26.9 Å². The van der Waals surface area contributed by atoms with Gasteiger partial charge >= 0.3 is 0 Å². The van der Waals surface area contributed by atoms with Crippen LogP contribution in [0.3, 0.4) is 0 Å². The fourth-order valence-electron chi connectivity index (χ4n) is 3.04. The molecule has 0 aromatic heterocycles. The molecule has 0 bridgehead atoms. The van der Waals surface area contributed by atoms with Gasteiger partial charge in [-0.3, -0.25) is 0 Å². The summed E-state index contributed by atoms with van der Waals surface area (Å²) in [5.41, 5.74) is 1.27. The first-order valence-corrected chi connectivity index (χ1v) is 7.56. The van der Waals surface area contributed by atoms with Gasteiger partial charge in [0.1, 0.15) is 0 Å². The molecule has 4 heteroatoms. The number of hydrogen-bond donors (Lipinski definition) is 1. The highest BCUT2D eigenvalue weighted by Crippen LogP contribution is 2.34. The first-order valence-electron chi connectivity index (χ1n) is 7.56. The van der Waals surface area contributed by atoms with E-state index in [1.54, 1.807) is 0 Å². The highest BCUT2D eigenvalue weighted by Gasteiger charge is 2.19. The molecular weight excluding hydrogens is 252 g/mol. The van der Waals surface area contributed by atoms with Crippen LogP contribution in [0.4, 0.5) is 0 Å². The Kier molecular flexibility index (Phi) is 4.13. The van der Waals surface area contributed by atoms with Crippen LogP contribution in [0.5, 0.6) is 11.5 Å². The van der Waals surface area contributed by atoms with Crippen molar-refractivity contribution < 1.29 is 9.47 Å². The minimum atomic E-state index is 0.343. The van der Waals surface area contributed by atoms with Gasteiger partial charge < -0.3 is 19.7 Å². The third-order valence-electron chi connectivity index (χ3n) is 4.33. The average Bonchev–Trinajstić information content (AvgIpc) is 2.82. The molecular formula is C16H24N2O2. The second-order valence-electron chi connectivity index (χ2n) is 5.93. The molecule has 2 aliphatic heterocycles. The lowest BCUT2D eigenvalue weighted by Gasteiger charge is -2.22. The van der Waals surface area contributed by atoms with E-state index in [1.165, 1.54) is 37.9 Å². The molecule has 0 spiro atoms. The number of benzene rings is 1. The van der Waals surface area contributed by atoms with Gasteiger partial charge in [0.2, 0.25) is 6.79 Å². The van der Waals surface area contributed by atoms with Crippen molar-refractivity contribution in [3.63, 3.8) is 0 Å². The molecule has 1 fully saturated rings. The summed E-state index contributed by atoms with van der Waals surface area (Å²) in [6, 6.07) is 7.20. The third kappa shape index (κ3) is 3.07. The predicted molar refractivity (Wildman–Crippen MR) is 79.3 cm³/mol. The summed E-state index contributed by atoms with van der Waals surface area (Å²) in [5.74, 6) is 1.73. The zero-order chi connectivity index (χ0) is 13.9. The summed E-state index contributed by atoms with van der Waals surface area (Å²) in [6.07, 6.45) is 3.77. The summed E-state index contributed by atoms with van der Waals surface area (Å²) in [6.45, 7) is 4.98. The number of rotatable bonds is 3. The van der Waals surface area contributed by atoms with Crippen LogP contribution in [0.2, 0.25) is 0 Å². The molecule has 110 valence electrons. The van der Waals surface area contributed by atoms with Crippen molar-refractivity contribution in [3.05, 3.63) is 23.8 Å². The van der Waals surface area contributed by atoms with E-state index in [1.807, 2.05) is 6.07 Å². The minimum absolute atomic E-state index is 0.343. The zero-order valence-corrected chi connectivity index (χ0v) is 12.4. The van der Waals surface area contributed by atoms with Crippen LogP contribution in [0.15, 0.2) is 18.2 Å². The van der Waals surface area contributed by atoms with Gasteiger partial charge in [0, 0.05) is 12.1 Å². The maximum absolute atomic E-state index is 5.46. The van der Waals surface area contributed by atoms with Crippen LogP contribution in [0, 0.1) is 0 Å². The normalized spacial score (nSPS) is 24.4. The van der Waals surface area contributed by atoms with Crippen molar-refractivity contribution in [1.29, 1.82) is 0 Å². The molecule has 0 saturated carbocycles. The van der Waals surface area contributed by atoms with Crippen molar-refractivity contribution >= 4 is 0 Å². The van der Waals surface area contributed by atoms with Crippen molar-refractivity contribution in [3.8, 4) is 11.5 Å². The van der Waals surface area contributed by atoms with Gasteiger partial charge in [-0.05, 0) is 64.0 Å². The maximum atomic E-state index is 5.46. The summed E-state index contributed by atoms with van der Waals surface area (Å²) < 4.78 is 10.8. The molecule has 2 unspecified atom stereocenters. The lowest BCUT2D eigenvalue weighted by Crippen LogP contribution is -2.32. The molecule has 0 amide bonds. The first-order chi connectivity index (χ1) is 9.72. The SMILES string of the molecule is CC(NC1CCCN(C)CC1)c1ccc2c(c1)OCO2. The van der Waals surface area contributed by atoms with E-state index in [9.17, 15) is 0 Å². The molecule has 2 heterocycles. The summed E-state index contributed by atoms with van der Waals surface area (Å²) in [7, 11) is 2.21. The Morgan fingerprint density at radius 1 is 1.20 bits per heavy atom. The molecule has 1 N–H and O–H groups in total. The number of ether oxygens (including phenoxy) is 2. The van der Waals surface area contributed by atoms with Crippen LogP contribution < -0.4 is 14.8 Å². The second-order valence-corrected chi connectivity index (χ2v) is 5.93. The number of likely N-dealkylation sites (tertiary alicyclic amines) is 1. The van der Waals surface area contributed by atoms with E-state index in [2.05, 4.69) is 36.3 Å². The molecule has 0 aliphatic carbocycles. The molecule has 0 radical (unpaired) electrons. The molecule has 1 aromatic carbocycles. The monoisotopic (exact) mass is 276 g/mol. The Hall–Kier alpha value is -1.26. The van der Waals surface area contributed by atoms with Crippen molar-refractivity contribution in [1.82, 2.24) is 10.2 Å². The minimum Gasteiger partial charge on any atom is -0.454 e. The summed E-state index contributed by atoms with van der Waals surface area (Å²) >= 11 is 0. The second kappa shape index (κ2) is 6.02. The fraction of sp³-hybridized carbons (Fsp3) is 0.625. The van der Waals surface area contributed by atoms with E-state index in [-0.39, 0.29) is 0 Å². The largest absolute Gasteiger partial charge is 0.454 e. The molecule has 20 heavy (non-hydrogen) atoms. The predicted octanol–water partition coefficient (Wildman–Crippen LogP) is 2.55. The van der Waals surface area contributed by atoms with E-state index in [0.717, 1.165) is 11.5 Å². The lowest BCUT2D eigenvalue weighted by atomic mass is 10.0. The van der Waals surface area contributed by atoms with Gasteiger partial charge in [-0.15, -0.1) is 0 Å². The lowest BCUT2D eigenvalue weighted by molar-refractivity contribution is 0.174. The molecule has 2 atom stereocenters. The number of fused-ring (bicyclic) bond motifs is 1. The number of hydrogen-bond acceptors (Lipinski definition) is 4. The highest BCUT2D eigenvalue weighted by molar-refractivity contribution is 5.45. The van der Waals surface area contributed by atoms with E-state index < -0.39 is 0 Å². The van der Waals surface area contributed by atoms with Gasteiger partial charge in [0.15, 0.2) is 11.5 Å². The molecule has 1 aromatic rings. The Balaban J connectivity index is 1.62. The topological polar surface area (TPSA) is 33.7 Å². The van der Waals surface area contributed by atoms with E-state index >= 15 is 0 Å². The maximum Gasteiger partial charge on any atom is 0.231 e. The summed E-state index contributed by atoms with van der Waals surface area (Å²) in [4.78, 5) is 2.42. The highest BCUT2D eigenvalue weighted by atomic mass is 16.7. The Morgan fingerprint density at radius 2 is 2.05 bits per heavy atom. The van der Waals surface area contributed by atoms with Crippen LogP contribution in [0.1, 0.15) is 37.8 Å². The van der Waals surface area contributed by atoms with Crippen LogP contribution >= 0.6 is 0 Å².